The van der Waals surface area contributed by atoms with Crippen LogP contribution in [0.1, 0.15) is 42.9 Å². The number of methoxy groups -OCH3 is 1. The minimum Gasteiger partial charge on any atom is -0.496 e. The third-order valence-electron chi connectivity index (χ3n) is 5.46. The molecule has 0 aliphatic carbocycles. The van der Waals surface area contributed by atoms with Gasteiger partial charge in [-0.1, -0.05) is 18.2 Å². The van der Waals surface area contributed by atoms with E-state index in [1.807, 2.05) is 36.6 Å². The Morgan fingerprint density at radius 2 is 1.88 bits per heavy atom. The van der Waals surface area contributed by atoms with Crippen molar-refractivity contribution in [2.45, 2.75) is 32.4 Å². The van der Waals surface area contributed by atoms with Gasteiger partial charge in [0.2, 0.25) is 0 Å². The van der Waals surface area contributed by atoms with Crippen molar-refractivity contribution >= 4 is 29.1 Å². The summed E-state index contributed by atoms with van der Waals surface area (Å²) in [6.45, 7) is 6.52. The van der Waals surface area contributed by atoms with Gasteiger partial charge in [0, 0.05) is 33.3 Å². The van der Waals surface area contributed by atoms with Crippen LogP contribution in [-0.4, -0.2) is 19.1 Å². The summed E-state index contributed by atoms with van der Waals surface area (Å²) in [5, 5.41) is 5.39. The maximum atomic E-state index is 14.3. The van der Waals surface area contributed by atoms with E-state index < -0.39 is 17.7 Å². The normalized spacial score (nSPS) is 15.2. The van der Waals surface area contributed by atoms with Crippen molar-refractivity contribution < 1.29 is 23.0 Å². The van der Waals surface area contributed by atoms with Gasteiger partial charge in [0.25, 0.3) is 6.47 Å². The number of benzene rings is 2. The number of halogens is 2. The molecular formula is C25H23F2NO3S. The van der Waals surface area contributed by atoms with Crippen molar-refractivity contribution in [2.75, 3.05) is 12.4 Å². The van der Waals surface area contributed by atoms with Crippen molar-refractivity contribution in [3.63, 3.8) is 0 Å². The number of hydrogen-bond donors (Lipinski definition) is 1. The van der Waals surface area contributed by atoms with Crippen LogP contribution >= 0.6 is 11.3 Å². The number of ether oxygens (including phenoxy) is 2. The van der Waals surface area contributed by atoms with Gasteiger partial charge < -0.3 is 14.8 Å². The number of carbonyl (C=O) groups is 1. The highest BCUT2D eigenvalue weighted by Gasteiger charge is 2.32. The lowest BCUT2D eigenvalue weighted by atomic mass is 9.82. The van der Waals surface area contributed by atoms with E-state index in [2.05, 4.69) is 25.2 Å². The molecule has 3 aromatic rings. The molecule has 0 spiro atoms. The zero-order chi connectivity index (χ0) is 23.0. The Kier molecular flexibility index (Phi) is 5.77. The molecule has 2 heterocycles. The molecule has 32 heavy (non-hydrogen) atoms. The van der Waals surface area contributed by atoms with Gasteiger partial charge in [-0.05, 0) is 55.5 Å². The summed E-state index contributed by atoms with van der Waals surface area (Å²) >= 11 is 1.45. The van der Waals surface area contributed by atoms with E-state index in [4.69, 9.17) is 9.47 Å². The minimum atomic E-state index is -0.997. The molecule has 4 nitrogen and oxygen atoms in total. The Balaban J connectivity index is 2.08. The third-order valence-corrected chi connectivity index (χ3v) is 6.38. The average Bonchev–Trinajstić information content (AvgIpc) is 3.27. The highest BCUT2D eigenvalue weighted by Crippen LogP contribution is 2.47. The molecule has 1 aliphatic heterocycles. The zero-order valence-electron chi connectivity index (χ0n) is 18.2. The third kappa shape index (κ3) is 3.88. The Hall–Kier alpha value is -3.19. The van der Waals surface area contributed by atoms with Gasteiger partial charge in [-0.3, -0.25) is 4.79 Å². The fourth-order valence-corrected chi connectivity index (χ4v) is 5.10. The van der Waals surface area contributed by atoms with Gasteiger partial charge in [0.1, 0.15) is 5.75 Å². The van der Waals surface area contributed by atoms with Crippen LogP contribution in [0.2, 0.25) is 0 Å². The number of nitrogens with one attached hydrogen (secondary N) is 1. The first-order valence-corrected chi connectivity index (χ1v) is 10.9. The molecular weight excluding hydrogens is 432 g/mol. The maximum absolute atomic E-state index is 14.3. The summed E-state index contributed by atoms with van der Waals surface area (Å²) in [6.07, 6.45) is 1.36. The fraction of sp³-hybridized carbons (Fsp3) is 0.240. The first-order chi connectivity index (χ1) is 15.3. The second-order valence-electron chi connectivity index (χ2n) is 8.22. The summed E-state index contributed by atoms with van der Waals surface area (Å²) < 4.78 is 39.2. The molecule has 1 aliphatic rings. The predicted molar refractivity (Wildman–Crippen MR) is 123 cm³/mol. The summed E-state index contributed by atoms with van der Waals surface area (Å²) in [4.78, 5) is 12.3. The van der Waals surface area contributed by atoms with Crippen LogP contribution in [0, 0.1) is 11.6 Å². The van der Waals surface area contributed by atoms with Crippen LogP contribution < -0.4 is 10.1 Å². The maximum Gasteiger partial charge on any atom is 0.294 e. The van der Waals surface area contributed by atoms with Crippen LogP contribution in [0.4, 0.5) is 14.5 Å². The first kappa shape index (κ1) is 22.0. The predicted octanol–water partition coefficient (Wildman–Crippen LogP) is 6.57. The van der Waals surface area contributed by atoms with E-state index in [0.29, 0.717) is 23.2 Å². The van der Waals surface area contributed by atoms with Crippen LogP contribution in [-0.2, 0) is 9.53 Å². The molecule has 1 unspecified atom stereocenters. The van der Waals surface area contributed by atoms with Gasteiger partial charge in [-0.25, -0.2) is 8.78 Å². The molecule has 1 aromatic heterocycles. The number of anilines is 1. The highest BCUT2D eigenvalue weighted by molar-refractivity contribution is 7.10. The summed E-state index contributed by atoms with van der Waals surface area (Å²) in [5.41, 5.74) is 4.07. The lowest BCUT2D eigenvalue weighted by molar-refractivity contribution is -0.132. The SMILES string of the molecule is COc1cc(F)c(F)cc1-c1ccc2c(c1C(OC=O)c1cccs1)C(C)=CC(C)(C)N2. The minimum absolute atomic E-state index is 0.187. The van der Waals surface area contributed by atoms with Gasteiger partial charge in [-0.15, -0.1) is 11.3 Å². The second-order valence-corrected chi connectivity index (χ2v) is 9.20. The standard InChI is InChI=1S/C25H23F2NO3S/c1-14-12-25(2,3)28-19-8-7-15(16-10-17(26)18(27)11-20(16)30-4)23(22(14)19)24(31-13-29)21-6-5-9-32-21/h5-13,24,28H,1-4H3. The number of rotatable bonds is 6. The monoisotopic (exact) mass is 455 g/mol. The quantitative estimate of drug-likeness (QED) is 0.427. The van der Waals surface area contributed by atoms with Gasteiger partial charge in [-0.2, -0.15) is 0 Å². The van der Waals surface area contributed by atoms with Crippen molar-refractivity contribution in [1.82, 2.24) is 0 Å². The zero-order valence-corrected chi connectivity index (χ0v) is 19.0. The Morgan fingerprint density at radius 1 is 1.12 bits per heavy atom. The van der Waals surface area contributed by atoms with Gasteiger partial charge in [0.15, 0.2) is 17.7 Å². The molecule has 0 saturated heterocycles. The molecule has 0 saturated carbocycles. The molecule has 2 aromatic carbocycles. The van der Waals surface area contributed by atoms with E-state index in [0.717, 1.165) is 33.8 Å². The van der Waals surface area contributed by atoms with Crippen LogP contribution in [0.3, 0.4) is 0 Å². The van der Waals surface area contributed by atoms with Crippen molar-refractivity contribution in [3.05, 3.63) is 75.5 Å². The summed E-state index contributed by atoms with van der Waals surface area (Å²) in [7, 11) is 1.40. The van der Waals surface area contributed by atoms with Crippen LogP contribution in [0.25, 0.3) is 16.7 Å². The van der Waals surface area contributed by atoms with Crippen LogP contribution in [0.15, 0.2) is 47.9 Å². The summed E-state index contributed by atoms with van der Waals surface area (Å²) in [6, 6.07) is 9.62. The van der Waals surface area contributed by atoms with Gasteiger partial charge in [0.05, 0.1) is 12.6 Å². The lowest BCUT2D eigenvalue weighted by Crippen LogP contribution is -2.32. The highest BCUT2D eigenvalue weighted by atomic mass is 32.1. The number of thiophene rings is 1. The smallest absolute Gasteiger partial charge is 0.294 e. The molecule has 0 amide bonds. The topological polar surface area (TPSA) is 47.6 Å². The lowest BCUT2D eigenvalue weighted by Gasteiger charge is -2.34. The molecule has 1 atom stereocenters. The average molecular weight is 456 g/mol. The number of allylic oxidation sites excluding steroid dienone is 1. The Labute approximate surface area is 189 Å². The molecule has 0 fully saturated rings. The molecule has 0 radical (unpaired) electrons. The molecule has 1 N–H and O–H groups in total. The molecule has 7 heteroatoms. The number of hydrogen-bond acceptors (Lipinski definition) is 5. The van der Waals surface area contributed by atoms with E-state index in [-0.39, 0.29) is 11.3 Å². The van der Waals surface area contributed by atoms with Gasteiger partial charge >= 0.3 is 0 Å². The number of fused-ring (bicyclic) bond motifs is 1. The molecule has 166 valence electrons. The van der Waals surface area contributed by atoms with Crippen molar-refractivity contribution in [2.24, 2.45) is 0 Å². The van der Waals surface area contributed by atoms with E-state index >= 15 is 0 Å². The Morgan fingerprint density at radius 3 is 2.53 bits per heavy atom. The van der Waals surface area contributed by atoms with E-state index in [1.165, 1.54) is 18.4 Å². The second kappa shape index (κ2) is 8.39. The van der Waals surface area contributed by atoms with E-state index in [1.54, 1.807) is 0 Å². The van der Waals surface area contributed by atoms with Crippen molar-refractivity contribution in [1.29, 1.82) is 0 Å². The Bertz CT molecular complexity index is 1200. The van der Waals surface area contributed by atoms with Crippen LogP contribution in [0.5, 0.6) is 5.75 Å². The molecule has 0 bridgehead atoms. The molecule has 4 rings (SSSR count). The number of carbonyl (C=O) groups excluding carboxylic acids is 1. The summed E-state index contributed by atoms with van der Waals surface area (Å²) in [5.74, 6) is -1.80. The largest absolute Gasteiger partial charge is 0.496 e. The van der Waals surface area contributed by atoms with Crippen molar-refractivity contribution in [3.8, 4) is 16.9 Å². The van der Waals surface area contributed by atoms with E-state index in [9.17, 15) is 13.6 Å². The first-order valence-electron chi connectivity index (χ1n) is 10.1. The fourth-order valence-electron chi connectivity index (χ4n) is 4.33.